The maximum Gasteiger partial charge on any atom is 0.0996 e. The van der Waals surface area contributed by atoms with Crippen molar-refractivity contribution in [1.82, 2.24) is 5.32 Å². The van der Waals surface area contributed by atoms with E-state index < -0.39 is 12.2 Å². The van der Waals surface area contributed by atoms with Crippen molar-refractivity contribution >= 4 is 0 Å². The van der Waals surface area contributed by atoms with Gasteiger partial charge < -0.3 is 20.6 Å². The molecule has 4 heteroatoms. The lowest BCUT2D eigenvalue weighted by atomic mass is 10.1. The SMILES string of the molecule is OC[C@@H]1NC2(CC2)[C@@H](O)[C@@H]1O. The third-order valence-corrected chi connectivity index (χ3v) is 2.76. The molecule has 1 saturated heterocycles. The summed E-state index contributed by atoms with van der Waals surface area (Å²) in [5.41, 5.74) is -0.257. The van der Waals surface area contributed by atoms with Crippen molar-refractivity contribution in [3.05, 3.63) is 0 Å². The summed E-state index contributed by atoms with van der Waals surface area (Å²) in [6.07, 6.45) is 0.311. The van der Waals surface area contributed by atoms with Crippen molar-refractivity contribution in [3.8, 4) is 0 Å². The topological polar surface area (TPSA) is 72.7 Å². The van der Waals surface area contributed by atoms with Crippen molar-refractivity contribution in [1.29, 1.82) is 0 Å². The average molecular weight is 159 g/mol. The molecule has 0 bridgehead atoms. The largest absolute Gasteiger partial charge is 0.395 e. The van der Waals surface area contributed by atoms with Crippen molar-refractivity contribution in [2.75, 3.05) is 6.61 Å². The van der Waals surface area contributed by atoms with Gasteiger partial charge in [0.15, 0.2) is 0 Å². The highest BCUT2D eigenvalue weighted by Gasteiger charge is 2.59. The number of aliphatic hydroxyl groups is 3. The molecule has 0 unspecified atom stereocenters. The van der Waals surface area contributed by atoms with E-state index in [9.17, 15) is 10.2 Å². The zero-order valence-electron chi connectivity index (χ0n) is 6.20. The highest BCUT2D eigenvalue weighted by atomic mass is 16.3. The van der Waals surface area contributed by atoms with Crippen molar-refractivity contribution < 1.29 is 15.3 Å². The summed E-state index contributed by atoms with van der Waals surface area (Å²) in [6.45, 7) is -0.111. The number of rotatable bonds is 1. The van der Waals surface area contributed by atoms with Crippen LogP contribution in [0, 0.1) is 0 Å². The molecule has 0 aromatic carbocycles. The van der Waals surface area contributed by atoms with E-state index in [1.165, 1.54) is 0 Å². The number of hydrogen-bond donors (Lipinski definition) is 4. The van der Waals surface area contributed by atoms with Crippen LogP contribution in [0.5, 0.6) is 0 Å². The normalized spacial score (nSPS) is 46.6. The van der Waals surface area contributed by atoms with E-state index >= 15 is 0 Å². The first kappa shape index (κ1) is 7.49. The zero-order chi connectivity index (χ0) is 8.06. The first-order valence-electron chi connectivity index (χ1n) is 3.94. The monoisotopic (exact) mass is 159 g/mol. The van der Waals surface area contributed by atoms with Crippen LogP contribution in [0.15, 0.2) is 0 Å². The Kier molecular flexibility index (Phi) is 1.47. The fourth-order valence-electron chi connectivity index (χ4n) is 1.82. The van der Waals surface area contributed by atoms with Gasteiger partial charge in [-0.05, 0) is 12.8 Å². The van der Waals surface area contributed by atoms with E-state index in [2.05, 4.69) is 5.32 Å². The van der Waals surface area contributed by atoms with Gasteiger partial charge >= 0.3 is 0 Å². The van der Waals surface area contributed by atoms with Crippen LogP contribution >= 0.6 is 0 Å². The van der Waals surface area contributed by atoms with Gasteiger partial charge in [0.05, 0.1) is 24.9 Å². The summed E-state index contributed by atoms with van der Waals surface area (Å²) in [5.74, 6) is 0. The molecule has 2 fully saturated rings. The average Bonchev–Trinajstić information content (AvgIpc) is 2.74. The summed E-state index contributed by atoms with van der Waals surface area (Å²) in [6, 6.07) is -0.340. The molecular formula is C7H13NO3. The Labute approximate surface area is 64.8 Å². The van der Waals surface area contributed by atoms with E-state index in [4.69, 9.17) is 5.11 Å². The molecule has 11 heavy (non-hydrogen) atoms. The molecular weight excluding hydrogens is 146 g/mol. The molecule has 1 aliphatic heterocycles. The molecule has 1 heterocycles. The summed E-state index contributed by atoms with van der Waals surface area (Å²) in [7, 11) is 0. The van der Waals surface area contributed by atoms with Gasteiger partial charge in [-0.1, -0.05) is 0 Å². The Hall–Kier alpha value is -0.160. The maximum absolute atomic E-state index is 9.47. The molecule has 2 aliphatic rings. The Balaban J connectivity index is 2.10. The fourth-order valence-corrected chi connectivity index (χ4v) is 1.82. The molecule has 0 aromatic heterocycles. The molecule has 1 spiro atoms. The third kappa shape index (κ3) is 0.906. The second-order valence-corrected chi connectivity index (χ2v) is 3.52. The lowest BCUT2D eigenvalue weighted by Crippen LogP contribution is -2.37. The maximum atomic E-state index is 9.47. The quantitative estimate of drug-likeness (QED) is 0.364. The van der Waals surface area contributed by atoms with E-state index in [1.807, 2.05) is 0 Å². The molecule has 64 valence electrons. The minimum absolute atomic E-state index is 0.111. The summed E-state index contributed by atoms with van der Waals surface area (Å²) in [4.78, 5) is 0. The predicted molar refractivity (Wildman–Crippen MR) is 38.0 cm³/mol. The molecule has 4 nitrogen and oxygen atoms in total. The van der Waals surface area contributed by atoms with Crippen LogP contribution in [0.4, 0.5) is 0 Å². The number of hydrogen-bond acceptors (Lipinski definition) is 4. The van der Waals surface area contributed by atoms with Crippen LogP contribution in [0.1, 0.15) is 12.8 Å². The summed E-state index contributed by atoms with van der Waals surface area (Å²) in [5, 5.41) is 30.6. The third-order valence-electron chi connectivity index (χ3n) is 2.76. The number of aliphatic hydroxyl groups excluding tert-OH is 3. The van der Waals surface area contributed by atoms with Gasteiger partial charge in [-0.15, -0.1) is 0 Å². The Morgan fingerprint density at radius 1 is 1.36 bits per heavy atom. The molecule has 4 N–H and O–H groups in total. The summed E-state index contributed by atoms with van der Waals surface area (Å²) >= 11 is 0. The van der Waals surface area contributed by atoms with Gasteiger partial charge in [0, 0.05) is 5.54 Å². The van der Waals surface area contributed by atoms with Gasteiger partial charge in [-0.25, -0.2) is 0 Å². The second-order valence-electron chi connectivity index (χ2n) is 3.52. The molecule has 1 saturated carbocycles. The van der Waals surface area contributed by atoms with E-state index in [0.717, 1.165) is 12.8 Å². The smallest absolute Gasteiger partial charge is 0.0996 e. The van der Waals surface area contributed by atoms with Crippen LogP contribution in [-0.4, -0.2) is 45.7 Å². The molecule has 2 rings (SSSR count). The van der Waals surface area contributed by atoms with Crippen molar-refractivity contribution in [3.63, 3.8) is 0 Å². The first-order chi connectivity index (χ1) is 5.19. The van der Waals surface area contributed by atoms with Gasteiger partial charge in [0.25, 0.3) is 0 Å². The molecule has 0 aromatic rings. The summed E-state index contributed by atoms with van der Waals surface area (Å²) < 4.78 is 0. The molecule has 0 amide bonds. The minimum atomic E-state index is -0.803. The standard InChI is InChI=1S/C7H13NO3/c9-3-4-5(10)6(11)7(8-4)1-2-7/h4-6,8-11H,1-3H2/t4-,5+,6-/m0/s1. The predicted octanol–water partition coefficient (Wildman–Crippen LogP) is -1.80. The van der Waals surface area contributed by atoms with Gasteiger partial charge in [0.2, 0.25) is 0 Å². The Bertz CT molecular complexity index is 169. The van der Waals surface area contributed by atoms with Gasteiger partial charge in [-0.2, -0.15) is 0 Å². The molecule has 0 radical (unpaired) electrons. The fraction of sp³-hybridized carbons (Fsp3) is 1.00. The minimum Gasteiger partial charge on any atom is -0.395 e. The van der Waals surface area contributed by atoms with Crippen LogP contribution in [-0.2, 0) is 0 Å². The van der Waals surface area contributed by atoms with E-state index in [0.29, 0.717) is 0 Å². The van der Waals surface area contributed by atoms with E-state index in [-0.39, 0.29) is 18.2 Å². The van der Waals surface area contributed by atoms with Crippen molar-refractivity contribution in [2.24, 2.45) is 0 Å². The first-order valence-corrected chi connectivity index (χ1v) is 3.94. The molecule has 3 atom stereocenters. The zero-order valence-corrected chi connectivity index (χ0v) is 6.20. The second kappa shape index (κ2) is 2.17. The number of nitrogens with one attached hydrogen (secondary N) is 1. The lowest BCUT2D eigenvalue weighted by molar-refractivity contribution is 0.0163. The Morgan fingerprint density at radius 2 is 2.00 bits per heavy atom. The highest BCUT2D eigenvalue weighted by molar-refractivity contribution is 5.17. The van der Waals surface area contributed by atoms with Crippen molar-refractivity contribution in [2.45, 2.75) is 36.6 Å². The highest BCUT2D eigenvalue weighted by Crippen LogP contribution is 2.44. The van der Waals surface area contributed by atoms with Crippen LogP contribution < -0.4 is 5.32 Å². The van der Waals surface area contributed by atoms with Gasteiger partial charge in [0.1, 0.15) is 0 Å². The van der Waals surface area contributed by atoms with E-state index in [1.54, 1.807) is 0 Å². The van der Waals surface area contributed by atoms with Crippen LogP contribution in [0.3, 0.4) is 0 Å². The van der Waals surface area contributed by atoms with Crippen LogP contribution in [0.2, 0.25) is 0 Å². The lowest BCUT2D eigenvalue weighted by Gasteiger charge is -2.12. The molecule has 1 aliphatic carbocycles. The van der Waals surface area contributed by atoms with Gasteiger partial charge in [-0.3, -0.25) is 0 Å². The Morgan fingerprint density at radius 3 is 2.27 bits per heavy atom. The van der Waals surface area contributed by atoms with Crippen LogP contribution in [0.25, 0.3) is 0 Å².